The van der Waals surface area contributed by atoms with Gasteiger partial charge in [-0.3, -0.25) is 4.79 Å². The predicted octanol–water partition coefficient (Wildman–Crippen LogP) is 2.81. The number of amides is 1. The molecule has 1 amide bonds. The maximum Gasteiger partial charge on any atom is 0.239 e. The minimum Gasteiger partial charge on any atom is -0.324 e. The number of hydrogen-bond acceptors (Lipinski definition) is 4. The minimum atomic E-state index is -3.55. The predicted molar refractivity (Wildman–Crippen MR) is 98.5 cm³/mol. The topological polar surface area (TPSA) is 66.5 Å². The molecule has 0 aromatic heterocycles. The minimum absolute atomic E-state index is 0.126. The smallest absolute Gasteiger partial charge is 0.239 e. The standard InChI is InChI=1S/C17H20N2O3S2/c1-19(24(21,22)13-14-8-4-3-5-9-14)12-17(20)18-15-10-6-7-11-16(15)23-2/h3-11H,12-13H2,1-2H3,(H,18,20). The van der Waals surface area contributed by atoms with Crippen molar-refractivity contribution >= 4 is 33.4 Å². The van der Waals surface area contributed by atoms with Crippen molar-refractivity contribution in [1.29, 1.82) is 0 Å². The number of likely N-dealkylation sites (N-methyl/N-ethyl adjacent to an activating group) is 1. The third-order valence-corrected chi connectivity index (χ3v) is 5.99. The van der Waals surface area contributed by atoms with Crippen molar-refractivity contribution in [2.45, 2.75) is 10.6 Å². The lowest BCUT2D eigenvalue weighted by Crippen LogP contribution is -2.35. The highest BCUT2D eigenvalue weighted by Crippen LogP contribution is 2.24. The summed E-state index contributed by atoms with van der Waals surface area (Å²) in [7, 11) is -2.13. The number of nitrogens with zero attached hydrogens (tertiary/aromatic N) is 1. The van der Waals surface area contributed by atoms with Crippen LogP contribution in [0.15, 0.2) is 59.5 Å². The molecule has 0 aliphatic heterocycles. The Morgan fingerprint density at radius 2 is 1.71 bits per heavy atom. The van der Waals surface area contributed by atoms with Crippen molar-refractivity contribution in [2.75, 3.05) is 25.2 Å². The van der Waals surface area contributed by atoms with Crippen LogP contribution < -0.4 is 5.32 Å². The van der Waals surface area contributed by atoms with Crippen molar-refractivity contribution in [1.82, 2.24) is 4.31 Å². The zero-order chi connectivity index (χ0) is 17.6. The Kier molecular flexibility index (Phi) is 6.42. The van der Waals surface area contributed by atoms with Gasteiger partial charge in [0.1, 0.15) is 0 Å². The Labute approximate surface area is 147 Å². The van der Waals surface area contributed by atoms with E-state index in [2.05, 4.69) is 5.32 Å². The summed E-state index contributed by atoms with van der Waals surface area (Å²) < 4.78 is 25.8. The van der Waals surface area contributed by atoms with Gasteiger partial charge in [-0.2, -0.15) is 4.31 Å². The molecule has 0 saturated heterocycles. The monoisotopic (exact) mass is 364 g/mol. The van der Waals surface area contributed by atoms with Crippen LogP contribution in [0.25, 0.3) is 0 Å². The van der Waals surface area contributed by atoms with Gasteiger partial charge in [0.25, 0.3) is 0 Å². The number of anilines is 1. The molecule has 0 saturated carbocycles. The third kappa shape index (κ3) is 5.09. The number of carbonyl (C=O) groups excluding carboxylic acids is 1. The number of rotatable bonds is 7. The fourth-order valence-corrected chi connectivity index (χ4v) is 3.83. The first kappa shape index (κ1) is 18.5. The van der Waals surface area contributed by atoms with Gasteiger partial charge in [-0.15, -0.1) is 11.8 Å². The Bertz CT molecular complexity index is 792. The molecule has 0 fully saturated rings. The zero-order valence-electron chi connectivity index (χ0n) is 13.6. The van der Waals surface area contributed by atoms with Crippen LogP contribution in [0.1, 0.15) is 5.56 Å². The highest BCUT2D eigenvalue weighted by Gasteiger charge is 2.21. The first-order valence-corrected chi connectivity index (χ1v) is 10.2. The summed E-state index contributed by atoms with van der Waals surface area (Å²) in [4.78, 5) is 13.1. The van der Waals surface area contributed by atoms with E-state index >= 15 is 0 Å². The van der Waals surface area contributed by atoms with Crippen molar-refractivity contribution in [2.24, 2.45) is 0 Å². The SMILES string of the molecule is CSc1ccccc1NC(=O)CN(C)S(=O)(=O)Cc1ccccc1. The van der Waals surface area contributed by atoms with E-state index in [4.69, 9.17) is 0 Å². The second kappa shape index (κ2) is 8.32. The number of nitrogens with one attached hydrogen (secondary N) is 1. The van der Waals surface area contributed by atoms with Crippen molar-refractivity contribution < 1.29 is 13.2 Å². The van der Waals surface area contributed by atoms with Crippen molar-refractivity contribution in [3.8, 4) is 0 Å². The highest BCUT2D eigenvalue weighted by atomic mass is 32.2. The lowest BCUT2D eigenvalue weighted by molar-refractivity contribution is -0.116. The van der Waals surface area contributed by atoms with Gasteiger partial charge in [-0.05, 0) is 24.0 Å². The van der Waals surface area contributed by atoms with Crippen LogP contribution >= 0.6 is 11.8 Å². The summed E-state index contributed by atoms with van der Waals surface area (Å²) >= 11 is 1.52. The molecule has 128 valence electrons. The van der Waals surface area contributed by atoms with Crippen LogP contribution in [0, 0.1) is 0 Å². The zero-order valence-corrected chi connectivity index (χ0v) is 15.2. The van der Waals surface area contributed by atoms with E-state index in [-0.39, 0.29) is 18.2 Å². The number of benzene rings is 2. The molecule has 0 unspecified atom stereocenters. The number of hydrogen-bond donors (Lipinski definition) is 1. The molecule has 2 aromatic carbocycles. The van der Waals surface area contributed by atoms with Gasteiger partial charge < -0.3 is 5.32 Å². The summed E-state index contributed by atoms with van der Waals surface area (Å²) in [5.74, 6) is -0.491. The Morgan fingerprint density at radius 3 is 2.38 bits per heavy atom. The molecule has 0 radical (unpaired) electrons. The van der Waals surface area contributed by atoms with Gasteiger partial charge in [0.2, 0.25) is 15.9 Å². The van der Waals surface area contributed by atoms with Gasteiger partial charge in [-0.25, -0.2) is 8.42 Å². The summed E-state index contributed by atoms with van der Waals surface area (Å²) in [6.45, 7) is -0.224. The van der Waals surface area contributed by atoms with E-state index < -0.39 is 10.0 Å². The average molecular weight is 364 g/mol. The van der Waals surface area contributed by atoms with Crippen LogP contribution in [-0.2, 0) is 20.6 Å². The maximum atomic E-state index is 12.4. The number of thioether (sulfide) groups is 1. The van der Waals surface area contributed by atoms with Crippen LogP contribution in [0.2, 0.25) is 0 Å². The first-order chi connectivity index (χ1) is 11.4. The third-order valence-electron chi connectivity index (χ3n) is 3.41. The molecular formula is C17H20N2O3S2. The lowest BCUT2D eigenvalue weighted by atomic mass is 10.2. The molecule has 1 N–H and O–H groups in total. The number of para-hydroxylation sites is 1. The van der Waals surface area contributed by atoms with Gasteiger partial charge in [0, 0.05) is 11.9 Å². The van der Waals surface area contributed by atoms with E-state index in [1.54, 1.807) is 30.3 Å². The molecule has 7 heteroatoms. The molecule has 5 nitrogen and oxygen atoms in total. The fraction of sp³-hybridized carbons (Fsp3) is 0.235. The van der Waals surface area contributed by atoms with E-state index in [1.165, 1.54) is 18.8 Å². The lowest BCUT2D eigenvalue weighted by Gasteiger charge is -2.17. The Hall–Kier alpha value is -1.83. The Balaban J connectivity index is 2.00. The van der Waals surface area contributed by atoms with Gasteiger partial charge in [0.15, 0.2) is 0 Å². The summed E-state index contributed by atoms with van der Waals surface area (Å²) in [6, 6.07) is 16.3. The molecule has 2 aromatic rings. The Morgan fingerprint density at radius 1 is 1.08 bits per heavy atom. The van der Waals surface area contributed by atoms with E-state index in [1.807, 2.05) is 30.5 Å². The number of sulfonamides is 1. The molecule has 0 bridgehead atoms. The van der Waals surface area contributed by atoms with Crippen LogP contribution in [0.5, 0.6) is 0 Å². The molecule has 24 heavy (non-hydrogen) atoms. The summed E-state index contributed by atoms with van der Waals surface area (Å²) in [5.41, 5.74) is 1.38. The maximum absolute atomic E-state index is 12.4. The first-order valence-electron chi connectivity index (χ1n) is 7.33. The largest absolute Gasteiger partial charge is 0.324 e. The van der Waals surface area contributed by atoms with E-state index in [0.717, 1.165) is 9.20 Å². The van der Waals surface area contributed by atoms with Crippen LogP contribution in [-0.4, -0.2) is 38.5 Å². The average Bonchev–Trinajstić information content (AvgIpc) is 2.55. The van der Waals surface area contributed by atoms with Gasteiger partial charge in [0.05, 0.1) is 18.0 Å². The molecule has 0 spiro atoms. The molecule has 0 atom stereocenters. The molecule has 0 aliphatic carbocycles. The second-order valence-corrected chi connectivity index (χ2v) is 8.17. The highest BCUT2D eigenvalue weighted by molar-refractivity contribution is 7.98. The molecule has 2 rings (SSSR count). The van der Waals surface area contributed by atoms with Crippen LogP contribution in [0.3, 0.4) is 0 Å². The van der Waals surface area contributed by atoms with E-state index in [9.17, 15) is 13.2 Å². The summed E-state index contributed by atoms with van der Waals surface area (Å²) in [5, 5.41) is 2.76. The van der Waals surface area contributed by atoms with Crippen molar-refractivity contribution in [3.63, 3.8) is 0 Å². The summed E-state index contributed by atoms with van der Waals surface area (Å²) in [6.07, 6.45) is 1.92. The molecule has 0 heterocycles. The normalized spacial score (nSPS) is 11.5. The van der Waals surface area contributed by atoms with E-state index in [0.29, 0.717) is 11.3 Å². The fourth-order valence-electron chi connectivity index (χ4n) is 2.13. The van der Waals surface area contributed by atoms with Gasteiger partial charge in [-0.1, -0.05) is 42.5 Å². The quantitative estimate of drug-likeness (QED) is 0.767. The van der Waals surface area contributed by atoms with Crippen molar-refractivity contribution in [3.05, 3.63) is 60.2 Å². The molecular weight excluding hydrogens is 344 g/mol. The molecule has 0 aliphatic rings. The van der Waals surface area contributed by atoms with Gasteiger partial charge >= 0.3 is 0 Å². The van der Waals surface area contributed by atoms with Crippen LogP contribution in [0.4, 0.5) is 5.69 Å². The number of carbonyl (C=O) groups is 1. The second-order valence-electron chi connectivity index (χ2n) is 5.25.